The van der Waals surface area contributed by atoms with E-state index in [1.807, 2.05) is 13.8 Å². The molecule has 0 radical (unpaired) electrons. The SMILES string of the molecule is CCOc1ccc(S(=O)(=O)N(C)CC(=O)NC2CC2)cc1OCC. The third-order valence-electron chi connectivity index (χ3n) is 3.53. The number of rotatable bonds is 9. The Morgan fingerprint density at radius 3 is 2.42 bits per heavy atom. The maximum absolute atomic E-state index is 12.6. The molecule has 0 unspecified atom stereocenters. The van der Waals surface area contributed by atoms with Gasteiger partial charge in [0.1, 0.15) is 0 Å². The minimum Gasteiger partial charge on any atom is -0.490 e. The molecule has 0 atom stereocenters. The maximum Gasteiger partial charge on any atom is 0.243 e. The molecule has 134 valence electrons. The summed E-state index contributed by atoms with van der Waals surface area (Å²) in [4.78, 5) is 11.9. The van der Waals surface area contributed by atoms with E-state index in [4.69, 9.17) is 9.47 Å². The maximum atomic E-state index is 12.6. The zero-order chi connectivity index (χ0) is 17.7. The van der Waals surface area contributed by atoms with Crippen molar-refractivity contribution in [3.8, 4) is 11.5 Å². The highest BCUT2D eigenvalue weighted by Crippen LogP contribution is 2.31. The molecule has 1 aromatic rings. The first-order valence-electron chi connectivity index (χ1n) is 8.03. The lowest BCUT2D eigenvalue weighted by molar-refractivity contribution is -0.121. The van der Waals surface area contributed by atoms with E-state index in [-0.39, 0.29) is 23.4 Å². The van der Waals surface area contributed by atoms with Gasteiger partial charge in [0.25, 0.3) is 0 Å². The number of ether oxygens (including phenoxy) is 2. The van der Waals surface area contributed by atoms with Crippen LogP contribution in [0, 0.1) is 0 Å². The molecular weight excluding hydrogens is 332 g/mol. The lowest BCUT2D eigenvalue weighted by Crippen LogP contribution is -2.39. The van der Waals surface area contributed by atoms with Crippen molar-refractivity contribution in [2.45, 2.75) is 37.6 Å². The Kier molecular flexibility index (Phi) is 6.06. The van der Waals surface area contributed by atoms with E-state index in [0.29, 0.717) is 24.7 Å². The zero-order valence-corrected chi connectivity index (χ0v) is 15.1. The summed E-state index contributed by atoms with van der Waals surface area (Å²) in [6.07, 6.45) is 1.91. The van der Waals surface area contributed by atoms with Crippen molar-refractivity contribution in [2.75, 3.05) is 26.8 Å². The van der Waals surface area contributed by atoms with Gasteiger partial charge in [0.2, 0.25) is 15.9 Å². The summed E-state index contributed by atoms with van der Waals surface area (Å²) in [5.74, 6) is 0.572. The molecule has 1 aromatic carbocycles. The topological polar surface area (TPSA) is 84.9 Å². The first-order chi connectivity index (χ1) is 11.4. The number of likely N-dealkylation sites (N-methyl/N-ethyl adjacent to an activating group) is 1. The fourth-order valence-electron chi connectivity index (χ4n) is 2.16. The summed E-state index contributed by atoms with van der Waals surface area (Å²) in [6.45, 7) is 4.28. The van der Waals surface area contributed by atoms with Crippen LogP contribution in [-0.2, 0) is 14.8 Å². The minimum absolute atomic E-state index is 0.0659. The molecule has 7 nitrogen and oxygen atoms in total. The van der Waals surface area contributed by atoms with E-state index < -0.39 is 10.0 Å². The molecule has 1 fully saturated rings. The van der Waals surface area contributed by atoms with Crippen LogP contribution in [0.1, 0.15) is 26.7 Å². The van der Waals surface area contributed by atoms with Gasteiger partial charge in [-0.05, 0) is 38.8 Å². The van der Waals surface area contributed by atoms with E-state index in [0.717, 1.165) is 17.1 Å². The van der Waals surface area contributed by atoms with E-state index in [2.05, 4.69) is 5.32 Å². The highest BCUT2D eigenvalue weighted by atomic mass is 32.2. The Hall–Kier alpha value is -1.80. The lowest BCUT2D eigenvalue weighted by Gasteiger charge is -2.18. The average molecular weight is 356 g/mol. The van der Waals surface area contributed by atoms with Gasteiger partial charge in [-0.15, -0.1) is 0 Å². The fraction of sp³-hybridized carbons (Fsp3) is 0.562. The molecule has 1 amide bonds. The zero-order valence-electron chi connectivity index (χ0n) is 14.2. The van der Waals surface area contributed by atoms with Crippen molar-refractivity contribution in [3.05, 3.63) is 18.2 Å². The molecule has 0 heterocycles. The highest BCUT2D eigenvalue weighted by molar-refractivity contribution is 7.89. The summed E-state index contributed by atoms with van der Waals surface area (Å²) in [5, 5.41) is 2.78. The summed E-state index contributed by atoms with van der Waals surface area (Å²) in [5.41, 5.74) is 0. The number of nitrogens with zero attached hydrogens (tertiary/aromatic N) is 1. The first kappa shape index (κ1) is 18.5. The van der Waals surface area contributed by atoms with Gasteiger partial charge >= 0.3 is 0 Å². The van der Waals surface area contributed by atoms with E-state index >= 15 is 0 Å². The summed E-state index contributed by atoms with van der Waals surface area (Å²) >= 11 is 0. The van der Waals surface area contributed by atoms with Gasteiger partial charge in [-0.2, -0.15) is 4.31 Å². The van der Waals surface area contributed by atoms with Crippen LogP contribution < -0.4 is 14.8 Å². The molecule has 1 saturated carbocycles. The minimum atomic E-state index is -3.79. The molecular formula is C16H24N2O5S. The predicted octanol–water partition coefficient (Wildman–Crippen LogP) is 1.38. The van der Waals surface area contributed by atoms with Crippen LogP contribution in [0.4, 0.5) is 0 Å². The standard InChI is InChI=1S/C16H24N2O5S/c1-4-22-14-9-8-13(10-15(14)23-5-2)24(20,21)18(3)11-16(19)17-12-6-7-12/h8-10,12H,4-7,11H2,1-3H3,(H,17,19). The van der Waals surface area contributed by atoms with Crippen molar-refractivity contribution >= 4 is 15.9 Å². The number of carbonyl (C=O) groups excluding carboxylic acids is 1. The quantitative estimate of drug-likeness (QED) is 0.723. The number of carbonyl (C=O) groups is 1. The Bertz CT molecular complexity index is 686. The van der Waals surface area contributed by atoms with Gasteiger partial charge < -0.3 is 14.8 Å². The van der Waals surface area contributed by atoms with Crippen molar-refractivity contribution in [1.29, 1.82) is 0 Å². The largest absolute Gasteiger partial charge is 0.490 e. The van der Waals surface area contributed by atoms with Crippen LogP contribution in [0.25, 0.3) is 0 Å². The third-order valence-corrected chi connectivity index (χ3v) is 5.33. The summed E-state index contributed by atoms with van der Waals surface area (Å²) in [7, 11) is -2.40. The van der Waals surface area contributed by atoms with E-state index in [1.54, 1.807) is 6.07 Å². The Morgan fingerprint density at radius 2 is 1.83 bits per heavy atom. The molecule has 0 aliphatic heterocycles. The van der Waals surface area contributed by atoms with Crippen LogP contribution in [0.15, 0.2) is 23.1 Å². The second kappa shape index (κ2) is 7.85. The molecule has 8 heteroatoms. The molecule has 0 spiro atoms. The average Bonchev–Trinajstić information content (AvgIpc) is 3.33. The number of sulfonamides is 1. The van der Waals surface area contributed by atoms with Gasteiger partial charge in [0, 0.05) is 19.2 Å². The van der Waals surface area contributed by atoms with Gasteiger partial charge in [-0.25, -0.2) is 8.42 Å². The second-order valence-electron chi connectivity index (χ2n) is 5.58. The Balaban J connectivity index is 2.17. The van der Waals surface area contributed by atoms with Crippen molar-refractivity contribution in [1.82, 2.24) is 9.62 Å². The molecule has 0 bridgehead atoms. The van der Waals surface area contributed by atoms with Gasteiger partial charge in [0.15, 0.2) is 11.5 Å². The number of hydrogen-bond acceptors (Lipinski definition) is 5. The Morgan fingerprint density at radius 1 is 1.21 bits per heavy atom. The molecule has 1 aliphatic carbocycles. The van der Waals surface area contributed by atoms with E-state index in [9.17, 15) is 13.2 Å². The summed E-state index contributed by atoms with van der Waals surface area (Å²) < 4.78 is 37.2. The molecule has 1 N–H and O–H groups in total. The van der Waals surface area contributed by atoms with E-state index in [1.165, 1.54) is 19.2 Å². The van der Waals surface area contributed by atoms with Crippen molar-refractivity contribution in [3.63, 3.8) is 0 Å². The summed E-state index contributed by atoms with van der Waals surface area (Å²) in [6, 6.07) is 4.65. The highest BCUT2D eigenvalue weighted by Gasteiger charge is 2.27. The molecule has 24 heavy (non-hydrogen) atoms. The number of amides is 1. The van der Waals surface area contributed by atoms with Gasteiger partial charge in [-0.3, -0.25) is 4.79 Å². The van der Waals surface area contributed by atoms with Crippen LogP contribution >= 0.6 is 0 Å². The molecule has 0 saturated heterocycles. The number of nitrogens with one attached hydrogen (secondary N) is 1. The predicted molar refractivity (Wildman–Crippen MR) is 89.8 cm³/mol. The fourth-order valence-corrected chi connectivity index (χ4v) is 3.30. The van der Waals surface area contributed by atoms with Crippen molar-refractivity contribution < 1.29 is 22.7 Å². The van der Waals surface area contributed by atoms with Gasteiger partial charge in [0.05, 0.1) is 24.7 Å². The normalized spacial score (nSPS) is 14.5. The molecule has 0 aromatic heterocycles. The smallest absolute Gasteiger partial charge is 0.243 e. The second-order valence-corrected chi connectivity index (χ2v) is 7.62. The van der Waals surface area contributed by atoms with Crippen LogP contribution in [0.3, 0.4) is 0 Å². The third kappa shape index (κ3) is 4.61. The van der Waals surface area contributed by atoms with Crippen molar-refractivity contribution in [2.24, 2.45) is 0 Å². The number of hydrogen-bond donors (Lipinski definition) is 1. The lowest BCUT2D eigenvalue weighted by atomic mass is 10.3. The Labute approximate surface area is 143 Å². The van der Waals surface area contributed by atoms with Gasteiger partial charge in [-0.1, -0.05) is 0 Å². The van der Waals surface area contributed by atoms with Crippen LogP contribution in [0.2, 0.25) is 0 Å². The number of benzene rings is 1. The monoisotopic (exact) mass is 356 g/mol. The van der Waals surface area contributed by atoms with Crippen LogP contribution in [0.5, 0.6) is 11.5 Å². The molecule has 1 aliphatic rings. The molecule has 2 rings (SSSR count). The van der Waals surface area contributed by atoms with Crippen LogP contribution in [-0.4, -0.2) is 51.5 Å². The first-order valence-corrected chi connectivity index (χ1v) is 9.47.